The first-order valence-electron chi connectivity index (χ1n) is 7.15. The van der Waals surface area contributed by atoms with Gasteiger partial charge in [0.1, 0.15) is 0 Å². The van der Waals surface area contributed by atoms with Crippen molar-refractivity contribution in [2.45, 2.75) is 38.6 Å². The van der Waals surface area contributed by atoms with Crippen molar-refractivity contribution in [1.82, 2.24) is 4.57 Å². The molecule has 0 saturated heterocycles. The van der Waals surface area contributed by atoms with Gasteiger partial charge < -0.3 is 10.3 Å². The third kappa shape index (κ3) is 2.17. The molecule has 1 aliphatic carbocycles. The van der Waals surface area contributed by atoms with E-state index in [0.717, 1.165) is 18.9 Å². The Balaban J connectivity index is 1.97. The number of rotatable bonds is 4. The molecule has 0 bridgehead atoms. The molecule has 2 aromatic rings. The van der Waals surface area contributed by atoms with Crippen LogP contribution < -0.4 is 5.73 Å². The van der Waals surface area contributed by atoms with E-state index in [2.05, 4.69) is 34.9 Å². The molecule has 0 aliphatic heterocycles. The van der Waals surface area contributed by atoms with Crippen molar-refractivity contribution < 1.29 is 0 Å². The quantitative estimate of drug-likeness (QED) is 0.876. The van der Waals surface area contributed by atoms with E-state index in [1.807, 2.05) is 0 Å². The zero-order chi connectivity index (χ0) is 12.4. The molecule has 1 aromatic carbocycles. The molecule has 2 N–H and O–H groups in total. The SMILES string of the molecule is NCCc1cc2ccccc2n1CC1CCCC1. The standard InChI is InChI=1S/C16H22N2/c17-10-9-15-11-14-7-3-4-8-16(14)18(15)12-13-5-1-2-6-13/h3-4,7-8,11,13H,1-2,5-6,9-10,12,17H2. The van der Waals surface area contributed by atoms with Gasteiger partial charge in [0.05, 0.1) is 0 Å². The fourth-order valence-corrected chi connectivity index (χ4v) is 3.29. The highest BCUT2D eigenvalue weighted by Crippen LogP contribution is 2.29. The molecule has 0 atom stereocenters. The molecule has 1 aliphatic rings. The van der Waals surface area contributed by atoms with Crippen LogP contribution in [-0.4, -0.2) is 11.1 Å². The lowest BCUT2D eigenvalue weighted by Gasteiger charge is -2.15. The van der Waals surface area contributed by atoms with Crippen LogP contribution in [0.15, 0.2) is 30.3 Å². The van der Waals surface area contributed by atoms with Crippen LogP contribution in [0.4, 0.5) is 0 Å². The Morgan fingerprint density at radius 1 is 1.17 bits per heavy atom. The maximum atomic E-state index is 5.75. The van der Waals surface area contributed by atoms with Gasteiger partial charge >= 0.3 is 0 Å². The maximum absolute atomic E-state index is 5.75. The average Bonchev–Trinajstić information content (AvgIpc) is 3.00. The van der Waals surface area contributed by atoms with Crippen molar-refractivity contribution in [3.05, 3.63) is 36.0 Å². The van der Waals surface area contributed by atoms with E-state index in [-0.39, 0.29) is 0 Å². The Hall–Kier alpha value is -1.28. The van der Waals surface area contributed by atoms with Crippen molar-refractivity contribution in [1.29, 1.82) is 0 Å². The molecule has 1 aromatic heterocycles. The highest BCUT2D eigenvalue weighted by Gasteiger charge is 2.17. The van der Waals surface area contributed by atoms with Gasteiger partial charge in [-0.2, -0.15) is 0 Å². The van der Waals surface area contributed by atoms with Crippen molar-refractivity contribution in [2.24, 2.45) is 11.7 Å². The predicted molar refractivity (Wildman–Crippen MR) is 76.7 cm³/mol. The number of benzene rings is 1. The molecular formula is C16H22N2. The van der Waals surface area contributed by atoms with Crippen LogP contribution in [-0.2, 0) is 13.0 Å². The first-order chi connectivity index (χ1) is 8.88. The summed E-state index contributed by atoms with van der Waals surface area (Å²) in [6.45, 7) is 1.92. The number of para-hydroxylation sites is 1. The Morgan fingerprint density at radius 3 is 2.72 bits per heavy atom. The summed E-state index contributed by atoms with van der Waals surface area (Å²) < 4.78 is 2.51. The van der Waals surface area contributed by atoms with E-state index >= 15 is 0 Å². The molecule has 96 valence electrons. The van der Waals surface area contributed by atoms with Gasteiger partial charge in [-0.15, -0.1) is 0 Å². The average molecular weight is 242 g/mol. The van der Waals surface area contributed by atoms with Gasteiger partial charge in [-0.05, 0) is 49.2 Å². The normalized spacial score (nSPS) is 16.7. The maximum Gasteiger partial charge on any atom is 0.0482 e. The Bertz CT molecular complexity index is 521. The number of nitrogens with zero attached hydrogens (tertiary/aromatic N) is 1. The summed E-state index contributed by atoms with van der Waals surface area (Å²) in [5.74, 6) is 0.873. The molecule has 0 radical (unpaired) electrons. The van der Waals surface area contributed by atoms with Crippen molar-refractivity contribution in [3.63, 3.8) is 0 Å². The van der Waals surface area contributed by atoms with E-state index in [4.69, 9.17) is 5.73 Å². The van der Waals surface area contributed by atoms with E-state index in [1.54, 1.807) is 0 Å². The summed E-state index contributed by atoms with van der Waals surface area (Å²) in [5, 5.41) is 1.36. The van der Waals surface area contributed by atoms with Crippen molar-refractivity contribution in [2.75, 3.05) is 6.54 Å². The zero-order valence-corrected chi connectivity index (χ0v) is 10.9. The number of fused-ring (bicyclic) bond motifs is 1. The summed E-state index contributed by atoms with van der Waals surface area (Å²) in [4.78, 5) is 0. The molecule has 1 heterocycles. The van der Waals surface area contributed by atoms with Gasteiger partial charge in [0.15, 0.2) is 0 Å². The molecule has 0 amide bonds. The smallest absolute Gasteiger partial charge is 0.0482 e. The van der Waals surface area contributed by atoms with E-state index in [9.17, 15) is 0 Å². The van der Waals surface area contributed by atoms with Crippen molar-refractivity contribution in [3.8, 4) is 0 Å². The third-order valence-electron chi connectivity index (χ3n) is 4.21. The van der Waals surface area contributed by atoms with Crippen LogP contribution in [0, 0.1) is 5.92 Å². The van der Waals surface area contributed by atoms with Crippen molar-refractivity contribution >= 4 is 10.9 Å². The van der Waals surface area contributed by atoms with Gasteiger partial charge in [-0.3, -0.25) is 0 Å². The minimum atomic E-state index is 0.737. The summed E-state index contributed by atoms with van der Waals surface area (Å²) >= 11 is 0. The lowest BCUT2D eigenvalue weighted by Crippen LogP contribution is -2.13. The zero-order valence-electron chi connectivity index (χ0n) is 10.9. The number of nitrogens with two attached hydrogens (primary N) is 1. The highest BCUT2D eigenvalue weighted by atomic mass is 15.0. The van der Waals surface area contributed by atoms with Gasteiger partial charge in [0, 0.05) is 17.8 Å². The fourth-order valence-electron chi connectivity index (χ4n) is 3.29. The molecule has 1 saturated carbocycles. The van der Waals surface area contributed by atoms with Crippen LogP contribution >= 0.6 is 0 Å². The van der Waals surface area contributed by atoms with E-state index in [1.165, 1.54) is 48.8 Å². The molecule has 18 heavy (non-hydrogen) atoms. The van der Waals surface area contributed by atoms with Crippen LogP contribution in [0.5, 0.6) is 0 Å². The first kappa shape index (κ1) is 11.8. The van der Waals surface area contributed by atoms with Gasteiger partial charge in [-0.25, -0.2) is 0 Å². The van der Waals surface area contributed by atoms with Crippen LogP contribution in [0.1, 0.15) is 31.4 Å². The van der Waals surface area contributed by atoms with E-state index in [0.29, 0.717) is 0 Å². The van der Waals surface area contributed by atoms with Crippen LogP contribution in [0.25, 0.3) is 10.9 Å². The second-order valence-electron chi connectivity index (χ2n) is 5.49. The molecule has 2 heteroatoms. The largest absolute Gasteiger partial charge is 0.344 e. The lowest BCUT2D eigenvalue weighted by molar-refractivity contribution is 0.457. The predicted octanol–water partition coefficient (Wildman–Crippen LogP) is 3.33. The van der Waals surface area contributed by atoms with Crippen LogP contribution in [0.3, 0.4) is 0 Å². The third-order valence-corrected chi connectivity index (χ3v) is 4.21. The minimum Gasteiger partial charge on any atom is -0.344 e. The fraction of sp³-hybridized carbons (Fsp3) is 0.500. The van der Waals surface area contributed by atoms with Gasteiger partial charge in [0.2, 0.25) is 0 Å². The topological polar surface area (TPSA) is 30.9 Å². The second-order valence-corrected chi connectivity index (χ2v) is 5.49. The Labute approximate surface area is 109 Å². The Kier molecular flexibility index (Phi) is 3.37. The van der Waals surface area contributed by atoms with Gasteiger partial charge in [0.25, 0.3) is 0 Å². The number of aromatic nitrogens is 1. The minimum absolute atomic E-state index is 0.737. The molecule has 2 nitrogen and oxygen atoms in total. The molecule has 0 spiro atoms. The molecule has 3 rings (SSSR count). The number of hydrogen-bond donors (Lipinski definition) is 1. The monoisotopic (exact) mass is 242 g/mol. The highest BCUT2D eigenvalue weighted by molar-refractivity contribution is 5.81. The molecule has 1 fully saturated rings. The number of hydrogen-bond acceptors (Lipinski definition) is 1. The van der Waals surface area contributed by atoms with Crippen LogP contribution in [0.2, 0.25) is 0 Å². The first-order valence-corrected chi connectivity index (χ1v) is 7.15. The Morgan fingerprint density at radius 2 is 1.94 bits per heavy atom. The van der Waals surface area contributed by atoms with Gasteiger partial charge in [-0.1, -0.05) is 31.0 Å². The summed E-state index contributed by atoms with van der Waals surface area (Å²) in [6, 6.07) is 11.0. The lowest BCUT2D eigenvalue weighted by atomic mass is 10.1. The van der Waals surface area contributed by atoms with E-state index < -0.39 is 0 Å². The summed E-state index contributed by atoms with van der Waals surface area (Å²) in [5.41, 5.74) is 8.54. The summed E-state index contributed by atoms with van der Waals surface area (Å²) in [6.07, 6.45) is 6.61. The molecule has 0 unspecified atom stereocenters. The molecular weight excluding hydrogens is 220 g/mol. The summed E-state index contributed by atoms with van der Waals surface area (Å²) in [7, 11) is 0. The second kappa shape index (κ2) is 5.15.